The number of hydrogen-bond donors (Lipinski definition) is 4. The van der Waals surface area contributed by atoms with E-state index in [0.29, 0.717) is 16.5 Å². The number of halogens is 2. The summed E-state index contributed by atoms with van der Waals surface area (Å²) in [5, 5.41) is 13.2. The fourth-order valence-electron chi connectivity index (χ4n) is 3.92. The molecule has 0 bridgehead atoms. The molecule has 0 radical (unpaired) electrons. The van der Waals surface area contributed by atoms with Crippen LogP contribution >= 0.6 is 35.3 Å². The van der Waals surface area contributed by atoms with Crippen molar-refractivity contribution in [2.24, 2.45) is 5.73 Å². The number of thiophene rings is 1. The van der Waals surface area contributed by atoms with Crippen LogP contribution in [0.5, 0.6) is 0 Å². The van der Waals surface area contributed by atoms with Gasteiger partial charge in [-0.1, -0.05) is 35.9 Å². The van der Waals surface area contributed by atoms with Crippen LogP contribution in [0, 0.1) is 0 Å². The zero-order valence-corrected chi connectivity index (χ0v) is 18.5. The van der Waals surface area contributed by atoms with Crippen molar-refractivity contribution in [2.75, 3.05) is 13.7 Å². The molecule has 0 saturated heterocycles. The topological polar surface area (TPSA) is 111 Å². The van der Waals surface area contributed by atoms with Crippen LogP contribution in [0.15, 0.2) is 36.4 Å². The van der Waals surface area contributed by atoms with E-state index in [-0.39, 0.29) is 36.3 Å². The second-order valence-electron chi connectivity index (χ2n) is 7.18. The molecule has 0 saturated carbocycles. The first kappa shape index (κ1) is 22.6. The Balaban J connectivity index is 0.00000256. The summed E-state index contributed by atoms with van der Waals surface area (Å²) in [7, 11) is 1.65. The van der Waals surface area contributed by atoms with Crippen molar-refractivity contribution in [2.45, 2.75) is 24.5 Å². The van der Waals surface area contributed by atoms with Crippen LogP contribution in [0.2, 0.25) is 4.34 Å². The molecule has 0 fully saturated rings. The van der Waals surface area contributed by atoms with Gasteiger partial charge >= 0.3 is 0 Å². The molecule has 0 spiro atoms. The van der Waals surface area contributed by atoms with E-state index >= 15 is 0 Å². The lowest BCUT2D eigenvalue weighted by Gasteiger charge is -2.32. The van der Waals surface area contributed by atoms with Gasteiger partial charge in [-0.2, -0.15) is 0 Å². The minimum atomic E-state index is -0.996. The zero-order valence-electron chi connectivity index (χ0n) is 16.1. The SMILES string of the molecule is CN(C(=O)[C@@H](N)CO)[C@H]1c2ccccc2C[C@H]1NC(=O)c1cc2cc(Cl)sc2[nH]1.Cl. The van der Waals surface area contributed by atoms with Crippen LogP contribution in [-0.4, -0.2) is 52.5 Å². The Morgan fingerprint density at radius 1 is 1.40 bits per heavy atom. The summed E-state index contributed by atoms with van der Waals surface area (Å²) in [5.74, 6) is -0.622. The molecule has 3 aromatic rings. The standard InChI is InChI=1S/C20H21ClN4O3S.ClH/c1-25(20(28)13(22)9-26)17-12-5-3-2-4-10(12)6-14(17)23-18(27)15-7-11-8-16(21)29-19(11)24-15;/h2-5,7-8,13-14,17,24,26H,6,9,22H2,1H3,(H,23,27);1H/t13-,14+,17-;/m0./s1. The molecule has 0 unspecified atom stereocenters. The van der Waals surface area contributed by atoms with Gasteiger partial charge in [-0.3, -0.25) is 9.59 Å². The number of fused-ring (bicyclic) bond motifs is 2. The summed E-state index contributed by atoms with van der Waals surface area (Å²) in [6.07, 6.45) is 0.597. The van der Waals surface area contributed by atoms with Crippen LogP contribution in [0.1, 0.15) is 27.7 Å². The number of H-pyrrole nitrogens is 1. The molecule has 4 rings (SSSR count). The van der Waals surface area contributed by atoms with Gasteiger partial charge in [-0.25, -0.2) is 0 Å². The number of aliphatic hydroxyl groups is 1. The number of likely N-dealkylation sites (N-methyl/N-ethyl adjacent to an activating group) is 1. The van der Waals surface area contributed by atoms with Gasteiger partial charge in [0.1, 0.15) is 16.6 Å². The lowest BCUT2D eigenvalue weighted by molar-refractivity contribution is -0.134. The van der Waals surface area contributed by atoms with E-state index in [1.54, 1.807) is 13.1 Å². The van der Waals surface area contributed by atoms with E-state index in [1.807, 2.05) is 30.3 Å². The van der Waals surface area contributed by atoms with E-state index in [0.717, 1.165) is 21.3 Å². The molecule has 1 aliphatic carbocycles. The van der Waals surface area contributed by atoms with Gasteiger partial charge in [-0.05, 0) is 29.7 Å². The van der Waals surface area contributed by atoms with Crippen molar-refractivity contribution in [3.05, 3.63) is 57.6 Å². The second-order valence-corrected chi connectivity index (χ2v) is 8.87. The Bertz CT molecular complexity index is 1050. The lowest BCUT2D eigenvalue weighted by atomic mass is 10.0. The van der Waals surface area contributed by atoms with Crippen LogP contribution in [0.3, 0.4) is 0 Å². The van der Waals surface area contributed by atoms with Gasteiger partial charge in [-0.15, -0.1) is 23.7 Å². The molecule has 5 N–H and O–H groups in total. The highest BCUT2D eigenvalue weighted by Crippen LogP contribution is 2.36. The number of hydrogen-bond acceptors (Lipinski definition) is 5. The van der Waals surface area contributed by atoms with Gasteiger partial charge in [0.2, 0.25) is 5.91 Å². The second kappa shape index (κ2) is 8.95. The summed E-state index contributed by atoms with van der Waals surface area (Å²) in [4.78, 5) is 30.9. The molecule has 160 valence electrons. The van der Waals surface area contributed by atoms with Crippen LogP contribution in [-0.2, 0) is 11.2 Å². The van der Waals surface area contributed by atoms with Crippen LogP contribution in [0.25, 0.3) is 10.2 Å². The number of rotatable bonds is 5. The average Bonchev–Trinajstić information content (AvgIpc) is 3.36. The quantitative estimate of drug-likeness (QED) is 0.460. The average molecular weight is 469 g/mol. The van der Waals surface area contributed by atoms with E-state index in [1.165, 1.54) is 16.2 Å². The maximum absolute atomic E-state index is 12.9. The molecule has 1 aromatic carbocycles. The Hall–Kier alpha value is -2.10. The minimum Gasteiger partial charge on any atom is -0.394 e. The molecule has 3 atom stereocenters. The molecule has 30 heavy (non-hydrogen) atoms. The largest absolute Gasteiger partial charge is 0.394 e. The van der Waals surface area contributed by atoms with E-state index in [2.05, 4.69) is 10.3 Å². The molecular weight excluding hydrogens is 447 g/mol. The predicted octanol–water partition coefficient (Wildman–Crippen LogP) is 2.48. The summed E-state index contributed by atoms with van der Waals surface area (Å²) < 4.78 is 0.657. The Morgan fingerprint density at radius 3 is 2.83 bits per heavy atom. The van der Waals surface area contributed by atoms with E-state index < -0.39 is 12.6 Å². The van der Waals surface area contributed by atoms with E-state index in [4.69, 9.17) is 17.3 Å². The Labute approximate surface area is 188 Å². The predicted molar refractivity (Wildman–Crippen MR) is 120 cm³/mol. The van der Waals surface area contributed by atoms with Crippen molar-refractivity contribution in [1.82, 2.24) is 15.2 Å². The molecule has 2 amide bonds. The number of aromatic nitrogens is 1. The lowest BCUT2D eigenvalue weighted by Crippen LogP contribution is -2.50. The maximum Gasteiger partial charge on any atom is 0.268 e. The van der Waals surface area contributed by atoms with Crippen molar-refractivity contribution in [1.29, 1.82) is 0 Å². The fourth-order valence-corrected chi connectivity index (χ4v) is 5.05. The fraction of sp³-hybridized carbons (Fsp3) is 0.300. The minimum absolute atomic E-state index is 0. The van der Waals surface area contributed by atoms with Crippen LogP contribution in [0.4, 0.5) is 0 Å². The monoisotopic (exact) mass is 468 g/mol. The highest BCUT2D eigenvalue weighted by molar-refractivity contribution is 7.22. The van der Waals surface area contributed by atoms with Crippen molar-refractivity contribution >= 4 is 57.4 Å². The van der Waals surface area contributed by atoms with Crippen molar-refractivity contribution < 1.29 is 14.7 Å². The van der Waals surface area contributed by atoms with E-state index in [9.17, 15) is 14.7 Å². The van der Waals surface area contributed by atoms with Gasteiger partial charge < -0.3 is 26.0 Å². The molecular formula is C20H22Cl2N4O3S. The van der Waals surface area contributed by atoms with Gasteiger partial charge in [0.25, 0.3) is 5.91 Å². The number of amides is 2. The van der Waals surface area contributed by atoms with Gasteiger partial charge in [0, 0.05) is 12.4 Å². The molecule has 2 heterocycles. The molecule has 0 aliphatic heterocycles. The van der Waals surface area contributed by atoms with Crippen LogP contribution < -0.4 is 11.1 Å². The number of nitrogens with two attached hydrogens (primary N) is 1. The summed E-state index contributed by atoms with van der Waals surface area (Å²) >= 11 is 7.38. The Morgan fingerprint density at radius 2 is 2.13 bits per heavy atom. The number of nitrogens with one attached hydrogen (secondary N) is 2. The highest BCUT2D eigenvalue weighted by atomic mass is 35.5. The summed E-state index contributed by atoms with van der Waals surface area (Å²) in [6.45, 7) is -0.434. The smallest absolute Gasteiger partial charge is 0.268 e. The normalized spacial score (nSPS) is 18.5. The first-order valence-electron chi connectivity index (χ1n) is 9.19. The third-order valence-electron chi connectivity index (χ3n) is 5.31. The molecule has 1 aliphatic rings. The Kier molecular flexibility index (Phi) is 6.74. The summed E-state index contributed by atoms with van der Waals surface area (Å²) in [6, 6.07) is 9.68. The third kappa shape index (κ3) is 4.06. The molecule has 2 aromatic heterocycles. The summed E-state index contributed by atoms with van der Waals surface area (Å²) in [5.41, 5.74) is 8.23. The highest BCUT2D eigenvalue weighted by Gasteiger charge is 2.39. The molecule has 7 nitrogen and oxygen atoms in total. The molecule has 10 heteroatoms. The van der Waals surface area contributed by atoms with Gasteiger partial charge in [0.05, 0.1) is 23.0 Å². The number of nitrogens with zero attached hydrogens (tertiary/aromatic N) is 1. The number of benzene rings is 1. The number of carbonyl (C=O) groups excluding carboxylic acids is 2. The number of aromatic amines is 1. The first-order chi connectivity index (χ1) is 13.9. The maximum atomic E-state index is 12.9. The van der Waals surface area contributed by atoms with Crippen molar-refractivity contribution in [3.63, 3.8) is 0 Å². The third-order valence-corrected chi connectivity index (χ3v) is 6.51. The zero-order chi connectivity index (χ0) is 20.7. The number of carbonyl (C=O) groups is 2. The number of aliphatic hydroxyl groups excluding tert-OH is 1. The van der Waals surface area contributed by atoms with Crippen molar-refractivity contribution in [3.8, 4) is 0 Å². The van der Waals surface area contributed by atoms with Gasteiger partial charge in [0.15, 0.2) is 0 Å². The first-order valence-corrected chi connectivity index (χ1v) is 10.4.